The third-order valence-corrected chi connectivity index (χ3v) is 8.57. The van der Waals surface area contributed by atoms with Crippen LogP contribution in [0.5, 0.6) is 0 Å². The normalized spacial score (nSPS) is 15.9. The molecule has 178 valence electrons. The van der Waals surface area contributed by atoms with Gasteiger partial charge in [0.05, 0.1) is 4.90 Å². The largest absolute Gasteiger partial charge is 0.322 e. The molecule has 1 unspecified atom stereocenters. The quantitative estimate of drug-likeness (QED) is 0.549. The first-order valence-corrected chi connectivity index (χ1v) is 12.9. The van der Waals surface area contributed by atoms with Crippen LogP contribution < -0.4 is 5.32 Å². The minimum atomic E-state index is -3.65. The first kappa shape index (κ1) is 24.0. The van der Waals surface area contributed by atoms with Crippen LogP contribution in [0.2, 0.25) is 0 Å². The zero-order chi connectivity index (χ0) is 24.5. The molecule has 0 radical (unpaired) electrons. The van der Waals surface area contributed by atoms with E-state index in [1.165, 1.54) is 9.87 Å². The van der Waals surface area contributed by atoms with E-state index >= 15 is 0 Å². The number of aryl methyl sites for hydroxylation is 1. The SMILES string of the molecule is Cc1ccc(S(=O)(=O)N(C)C(C)C)cc1NC(=O)N1Cc2ccccc2C(c2ccccc2)C1. The maximum absolute atomic E-state index is 13.4. The first-order chi connectivity index (χ1) is 16.2. The molecule has 34 heavy (non-hydrogen) atoms. The summed E-state index contributed by atoms with van der Waals surface area (Å²) < 4.78 is 27.3. The number of amides is 2. The van der Waals surface area contributed by atoms with Gasteiger partial charge in [0.2, 0.25) is 10.0 Å². The zero-order valence-corrected chi connectivity index (χ0v) is 20.8. The standard InChI is InChI=1S/C27H31N3O3S/c1-19(2)29(4)34(32,33)23-15-14-20(3)26(16-23)28-27(31)30-17-22-12-8-9-13-24(22)25(18-30)21-10-6-5-7-11-21/h5-16,19,25H,17-18H2,1-4H3,(H,28,31). The summed E-state index contributed by atoms with van der Waals surface area (Å²) in [5.74, 6) is 0.0735. The number of urea groups is 1. The number of benzene rings is 3. The number of nitrogens with zero attached hydrogens (tertiary/aromatic N) is 2. The van der Waals surface area contributed by atoms with Gasteiger partial charge in [0.1, 0.15) is 0 Å². The van der Waals surface area contributed by atoms with Gasteiger partial charge >= 0.3 is 6.03 Å². The van der Waals surface area contributed by atoms with Gasteiger partial charge in [0.25, 0.3) is 0 Å². The summed E-state index contributed by atoms with van der Waals surface area (Å²) in [4.78, 5) is 15.3. The van der Waals surface area contributed by atoms with E-state index in [0.29, 0.717) is 18.8 Å². The number of rotatable bonds is 5. The lowest BCUT2D eigenvalue weighted by Crippen LogP contribution is -2.41. The second-order valence-electron chi connectivity index (χ2n) is 9.06. The van der Waals surface area contributed by atoms with Crippen LogP contribution in [-0.4, -0.2) is 43.3 Å². The van der Waals surface area contributed by atoms with E-state index in [1.807, 2.05) is 51.1 Å². The summed E-state index contributed by atoms with van der Waals surface area (Å²) in [5, 5.41) is 2.97. The van der Waals surface area contributed by atoms with Crippen LogP contribution >= 0.6 is 0 Å². The van der Waals surface area contributed by atoms with E-state index in [4.69, 9.17) is 0 Å². The van der Waals surface area contributed by atoms with E-state index in [-0.39, 0.29) is 22.9 Å². The summed E-state index contributed by atoms with van der Waals surface area (Å²) >= 11 is 0. The van der Waals surface area contributed by atoms with Crippen LogP contribution in [0.25, 0.3) is 0 Å². The Kier molecular flexibility index (Phi) is 6.77. The van der Waals surface area contributed by atoms with E-state index in [1.54, 1.807) is 30.1 Å². The van der Waals surface area contributed by atoms with Crippen molar-refractivity contribution in [1.82, 2.24) is 9.21 Å². The zero-order valence-electron chi connectivity index (χ0n) is 20.0. The van der Waals surface area contributed by atoms with Gasteiger partial charge in [0.15, 0.2) is 0 Å². The van der Waals surface area contributed by atoms with Gasteiger partial charge in [-0.3, -0.25) is 0 Å². The van der Waals surface area contributed by atoms with Gasteiger partial charge in [-0.25, -0.2) is 13.2 Å². The summed E-state index contributed by atoms with van der Waals surface area (Å²) in [6.07, 6.45) is 0. The smallest absolute Gasteiger partial charge is 0.319 e. The summed E-state index contributed by atoms with van der Waals surface area (Å²) in [6, 6.07) is 22.9. The molecule has 1 heterocycles. The Morgan fingerprint density at radius 3 is 2.41 bits per heavy atom. The van der Waals surface area contributed by atoms with E-state index in [2.05, 4.69) is 29.6 Å². The number of carbonyl (C=O) groups is 1. The fourth-order valence-electron chi connectivity index (χ4n) is 4.27. The number of hydrogen-bond acceptors (Lipinski definition) is 3. The Balaban J connectivity index is 1.61. The predicted octanol–water partition coefficient (Wildman–Crippen LogP) is 5.20. The molecular formula is C27H31N3O3S. The number of fused-ring (bicyclic) bond motifs is 1. The minimum absolute atomic E-state index is 0.0735. The Hall–Kier alpha value is -3.16. The van der Waals surface area contributed by atoms with Crippen LogP contribution in [0.15, 0.2) is 77.7 Å². The van der Waals surface area contributed by atoms with Crippen molar-refractivity contribution < 1.29 is 13.2 Å². The molecule has 3 aromatic rings. The fraction of sp³-hybridized carbons (Fsp3) is 0.296. The molecule has 3 aromatic carbocycles. The predicted molar refractivity (Wildman–Crippen MR) is 135 cm³/mol. The Morgan fingerprint density at radius 1 is 1.03 bits per heavy atom. The van der Waals surface area contributed by atoms with Crippen molar-refractivity contribution in [1.29, 1.82) is 0 Å². The number of anilines is 1. The maximum atomic E-state index is 13.4. The lowest BCUT2D eigenvalue weighted by Gasteiger charge is -2.35. The molecular weight excluding hydrogens is 446 g/mol. The highest BCUT2D eigenvalue weighted by Gasteiger charge is 2.30. The summed E-state index contributed by atoms with van der Waals surface area (Å²) in [6.45, 7) is 6.55. The van der Waals surface area contributed by atoms with Gasteiger partial charge in [0, 0.05) is 37.8 Å². The highest BCUT2D eigenvalue weighted by Crippen LogP contribution is 2.34. The van der Waals surface area contributed by atoms with Gasteiger partial charge in [-0.15, -0.1) is 0 Å². The number of sulfonamides is 1. The Bertz CT molecular complexity index is 1290. The van der Waals surface area contributed by atoms with Crippen molar-refractivity contribution in [3.8, 4) is 0 Å². The van der Waals surface area contributed by atoms with Crippen molar-refractivity contribution in [3.63, 3.8) is 0 Å². The molecule has 0 bridgehead atoms. The third kappa shape index (κ3) is 4.72. The molecule has 6 nitrogen and oxygen atoms in total. The second kappa shape index (κ2) is 9.60. The molecule has 0 aliphatic carbocycles. The van der Waals surface area contributed by atoms with Crippen LogP contribution in [-0.2, 0) is 16.6 Å². The van der Waals surface area contributed by atoms with Crippen molar-refractivity contribution in [2.75, 3.05) is 18.9 Å². The maximum Gasteiger partial charge on any atom is 0.322 e. The van der Waals surface area contributed by atoms with Crippen molar-refractivity contribution in [3.05, 3.63) is 95.1 Å². The highest BCUT2D eigenvalue weighted by molar-refractivity contribution is 7.89. The Morgan fingerprint density at radius 2 is 1.71 bits per heavy atom. The second-order valence-corrected chi connectivity index (χ2v) is 11.1. The average molecular weight is 478 g/mol. The van der Waals surface area contributed by atoms with Crippen LogP contribution in [0.4, 0.5) is 10.5 Å². The van der Waals surface area contributed by atoms with Crippen LogP contribution in [0.3, 0.4) is 0 Å². The van der Waals surface area contributed by atoms with Crippen molar-refractivity contribution >= 4 is 21.7 Å². The van der Waals surface area contributed by atoms with E-state index in [9.17, 15) is 13.2 Å². The average Bonchev–Trinajstić information content (AvgIpc) is 2.84. The molecule has 4 rings (SSSR count). The monoisotopic (exact) mass is 477 g/mol. The molecule has 0 saturated carbocycles. The van der Waals surface area contributed by atoms with Crippen molar-refractivity contribution in [2.24, 2.45) is 0 Å². The number of carbonyl (C=O) groups excluding carboxylic acids is 1. The number of hydrogen-bond donors (Lipinski definition) is 1. The van der Waals surface area contributed by atoms with Crippen LogP contribution in [0, 0.1) is 6.92 Å². The molecule has 2 amide bonds. The molecule has 0 spiro atoms. The third-order valence-electron chi connectivity index (χ3n) is 6.54. The lowest BCUT2D eigenvalue weighted by molar-refractivity contribution is 0.203. The molecule has 1 aliphatic heterocycles. The molecule has 0 saturated heterocycles. The number of nitrogens with one attached hydrogen (secondary N) is 1. The van der Waals surface area contributed by atoms with Gasteiger partial charge in [-0.05, 0) is 55.2 Å². The molecule has 0 aromatic heterocycles. The van der Waals surface area contributed by atoms with Crippen LogP contribution in [0.1, 0.15) is 42.0 Å². The van der Waals surface area contributed by atoms with E-state index in [0.717, 1.165) is 16.7 Å². The molecule has 1 aliphatic rings. The van der Waals surface area contributed by atoms with Gasteiger partial charge in [-0.2, -0.15) is 4.31 Å². The lowest BCUT2D eigenvalue weighted by atomic mass is 9.85. The molecule has 7 heteroatoms. The van der Waals surface area contributed by atoms with E-state index < -0.39 is 10.0 Å². The highest BCUT2D eigenvalue weighted by atomic mass is 32.2. The Labute approximate surface area is 202 Å². The minimum Gasteiger partial charge on any atom is -0.319 e. The molecule has 0 fully saturated rings. The van der Waals surface area contributed by atoms with Gasteiger partial charge in [-0.1, -0.05) is 60.7 Å². The molecule has 1 N–H and O–H groups in total. The summed E-state index contributed by atoms with van der Waals surface area (Å²) in [5.41, 5.74) is 4.81. The van der Waals surface area contributed by atoms with Crippen molar-refractivity contribution in [2.45, 2.75) is 44.2 Å². The topological polar surface area (TPSA) is 69.7 Å². The fourth-order valence-corrected chi connectivity index (χ4v) is 5.66. The first-order valence-electron chi connectivity index (χ1n) is 11.5. The van der Waals surface area contributed by atoms with Gasteiger partial charge < -0.3 is 10.2 Å². The summed E-state index contributed by atoms with van der Waals surface area (Å²) in [7, 11) is -2.09. The molecule has 1 atom stereocenters.